The van der Waals surface area contributed by atoms with Crippen molar-refractivity contribution in [2.24, 2.45) is 11.7 Å². The maximum atomic E-state index is 11.6. The molecule has 0 aromatic carbocycles. The largest absolute Gasteiger partial charge is 0.368 e. The molecule has 0 aromatic heterocycles. The molecular weight excluding hydrogens is 214 g/mol. The highest BCUT2D eigenvalue weighted by Crippen LogP contribution is 2.30. The Bertz CT molecular complexity index is 263. The van der Waals surface area contributed by atoms with Crippen molar-refractivity contribution in [2.45, 2.75) is 52.1 Å². The lowest BCUT2D eigenvalue weighted by molar-refractivity contribution is -0.124. The summed E-state index contributed by atoms with van der Waals surface area (Å²) < 4.78 is 0. The Morgan fingerprint density at radius 3 is 2.47 bits per heavy atom. The summed E-state index contributed by atoms with van der Waals surface area (Å²) in [6.45, 7) is 10.9. The highest BCUT2D eigenvalue weighted by molar-refractivity contribution is 5.84. The molecule has 1 aliphatic carbocycles. The maximum absolute atomic E-state index is 11.6. The molecule has 1 aliphatic rings. The van der Waals surface area contributed by atoms with Crippen LogP contribution in [0.4, 0.5) is 0 Å². The number of rotatable bonds is 8. The summed E-state index contributed by atoms with van der Waals surface area (Å²) in [5.74, 6) is 0.576. The van der Waals surface area contributed by atoms with E-state index in [0.717, 1.165) is 19.0 Å². The molecule has 1 atom stereocenters. The number of carbonyl (C=O) groups is 1. The number of nitrogens with two attached hydrogens (primary N) is 1. The fourth-order valence-corrected chi connectivity index (χ4v) is 2.25. The third-order valence-corrected chi connectivity index (χ3v) is 3.35. The minimum atomic E-state index is -0.626. The van der Waals surface area contributed by atoms with Crippen molar-refractivity contribution in [1.29, 1.82) is 0 Å². The summed E-state index contributed by atoms with van der Waals surface area (Å²) in [7, 11) is 0. The molecule has 0 aliphatic heterocycles. The number of primary amides is 1. The van der Waals surface area contributed by atoms with Gasteiger partial charge in [-0.05, 0) is 46.1 Å². The van der Waals surface area contributed by atoms with Gasteiger partial charge in [0.2, 0.25) is 5.91 Å². The molecule has 4 nitrogen and oxygen atoms in total. The Labute approximate surface area is 105 Å². The van der Waals surface area contributed by atoms with Crippen molar-refractivity contribution in [2.75, 3.05) is 19.6 Å². The van der Waals surface area contributed by atoms with Gasteiger partial charge in [0, 0.05) is 19.1 Å². The van der Waals surface area contributed by atoms with Crippen molar-refractivity contribution in [3.8, 4) is 0 Å². The molecule has 0 bridgehead atoms. The first kappa shape index (κ1) is 14.5. The first-order chi connectivity index (χ1) is 7.87. The number of likely N-dealkylation sites (N-methyl/N-ethyl adjacent to an activating group) is 1. The van der Waals surface area contributed by atoms with Gasteiger partial charge >= 0.3 is 0 Å². The molecule has 0 radical (unpaired) electrons. The summed E-state index contributed by atoms with van der Waals surface area (Å²) in [6, 6.07) is 0.257. The standard InChI is InChI=1S/C13H27N3O/c1-5-16(8-11-6-7-11)9-13(4,12(14)17)15-10(2)3/h10-11,15H,5-9H2,1-4H3,(H2,14,17). The Balaban J connectivity index is 2.58. The topological polar surface area (TPSA) is 58.4 Å². The van der Waals surface area contributed by atoms with E-state index in [2.05, 4.69) is 17.1 Å². The average Bonchev–Trinajstić information content (AvgIpc) is 2.99. The van der Waals surface area contributed by atoms with Gasteiger partial charge < -0.3 is 16.0 Å². The number of nitrogens with zero attached hydrogens (tertiary/aromatic N) is 1. The van der Waals surface area contributed by atoms with E-state index in [1.807, 2.05) is 20.8 Å². The SMILES string of the molecule is CCN(CC1CC1)CC(C)(NC(C)C)C(N)=O. The van der Waals surface area contributed by atoms with E-state index in [0.29, 0.717) is 6.54 Å². The van der Waals surface area contributed by atoms with Gasteiger partial charge in [-0.25, -0.2) is 0 Å². The first-order valence-corrected chi connectivity index (χ1v) is 6.67. The molecule has 17 heavy (non-hydrogen) atoms. The zero-order valence-corrected chi connectivity index (χ0v) is 11.6. The Kier molecular flexibility index (Phi) is 4.95. The molecule has 1 saturated carbocycles. The van der Waals surface area contributed by atoms with Gasteiger partial charge in [-0.15, -0.1) is 0 Å². The van der Waals surface area contributed by atoms with Gasteiger partial charge in [0.25, 0.3) is 0 Å². The van der Waals surface area contributed by atoms with Crippen molar-refractivity contribution in [3.63, 3.8) is 0 Å². The highest BCUT2D eigenvalue weighted by Gasteiger charge is 2.34. The number of hydrogen-bond acceptors (Lipinski definition) is 3. The number of amides is 1. The predicted octanol–water partition coefficient (Wildman–Crippen LogP) is 0.960. The lowest BCUT2D eigenvalue weighted by Crippen LogP contribution is -2.61. The fraction of sp³-hybridized carbons (Fsp3) is 0.923. The van der Waals surface area contributed by atoms with Crippen molar-refractivity contribution >= 4 is 5.91 Å². The third-order valence-electron chi connectivity index (χ3n) is 3.35. The molecular formula is C13H27N3O. The number of nitrogens with one attached hydrogen (secondary N) is 1. The van der Waals surface area contributed by atoms with Crippen LogP contribution in [0.1, 0.15) is 40.5 Å². The lowest BCUT2D eigenvalue weighted by Gasteiger charge is -2.35. The lowest BCUT2D eigenvalue weighted by atomic mass is 9.99. The van der Waals surface area contributed by atoms with Gasteiger partial charge in [-0.1, -0.05) is 6.92 Å². The Morgan fingerprint density at radius 2 is 2.12 bits per heavy atom. The predicted molar refractivity (Wildman–Crippen MR) is 70.7 cm³/mol. The van der Waals surface area contributed by atoms with Crippen molar-refractivity contribution in [3.05, 3.63) is 0 Å². The van der Waals surface area contributed by atoms with Crippen LogP contribution in [-0.4, -0.2) is 42.0 Å². The van der Waals surface area contributed by atoms with Crippen LogP contribution in [0.25, 0.3) is 0 Å². The zero-order chi connectivity index (χ0) is 13.1. The molecule has 0 aromatic rings. The molecule has 4 heteroatoms. The minimum Gasteiger partial charge on any atom is -0.368 e. The summed E-state index contributed by atoms with van der Waals surface area (Å²) in [4.78, 5) is 14.0. The third kappa shape index (κ3) is 4.64. The summed E-state index contributed by atoms with van der Waals surface area (Å²) in [5, 5.41) is 3.30. The molecule has 100 valence electrons. The van der Waals surface area contributed by atoms with E-state index >= 15 is 0 Å². The van der Waals surface area contributed by atoms with E-state index in [4.69, 9.17) is 5.73 Å². The van der Waals surface area contributed by atoms with Crippen LogP contribution in [0.5, 0.6) is 0 Å². The van der Waals surface area contributed by atoms with Crippen molar-refractivity contribution in [1.82, 2.24) is 10.2 Å². The molecule has 0 heterocycles. The van der Waals surface area contributed by atoms with Crippen LogP contribution in [0.2, 0.25) is 0 Å². The van der Waals surface area contributed by atoms with E-state index in [-0.39, 0.29) is 11.9 Å². The van der Waals surface area contributed by atoms with E-state index in [9.17, 15) is 4.79 Å². The summed E-state index contributed by atoms with van der Waals surface area (Å²) in [6.07, 6.45) is 2.67. The number of hydrogen-bond donors (Lipinski definition) is 2. The molecule has 1 amide bonds. The number of carbonyl (C=O) groups excluding carboxylic acids is 1. The normalized spacial score (nSPS) is 19.6. The second-order valence-electron chi connectivity index (χ2n) is 5.77. The van der Waals surface area contributed by atoms with Crippen LogP contribution in [0, 0.1) is 5.92 Å². The zero-order valence-electron chi connectivity index (χ0n) is 11.6. The molecule has 1 unspecified atom stereocenters. The Morgan fingerprint density at radius 1 is 1.53 bits per heavy atom. The highest BCUT2D eigenvalue weighted by atomic mass is 16.1. The van der Waals surface area contributed by atoms with Crippen LogP contribution in [0.15, 0.2) is 0 Å². The maximum Gasteiger partial charge on any atom is 0.238 e. The molecule has 3 N–H and O–H groups in total. The van der Waals surface area contributed by atoms with Crippen LogP contribution in [-0.2, 0) is 4.79 Å². The van der Waals surface area contributed by atoms with Crippen LogP contribution >= 0.6 is 0 Å². The second-order valence-corrected chi connectivity index (χ2v) is 5.77. The van der Waals surface area contributed by atoms with E-state index < -0.39 is 5.54 Å². The molecule has 1 rings (SSSR count). The molecule has 0 spiro atoms. The van der Waals surface area contributed by atoms with Gasteiger partial charge in [0.1, 0.15) is 5.54 Å². The molecule has 0 saturated heterocycles. The average molecular weight is 241 g/mol. The monoisotopic (exact) mass is 241 g/mol. The van der Waals surface area contributed by atoms with Gasteiger partial charge in [0.05, 0.1) is 0 Å². The fourth-order valence-electron chi connectivity index (χ4n) is 2.25. The Hall–Kier alpha value is -0.610. The van der Waals surface area contributed by atoms with Crippen LogP contribution in [0.3, 0.4) is 0 Å². The van der Waals surface area contributed by atoms with Gasteiger partial charge in [-0.2, -0.15) is 0 Å². The van der Waals surface area contributed by atoms with Gasteiger partial charge in [0.15, 0.2) is 0 Å². The second kappa shape index (κ2) is 5.83. The smallest absolute Gasteiger partial charge is 0.238 e. The van der Waals surface area contributed by atoms with E-state index in [1.165, 1.54) is 12.8 Å². The summed E-state index contributed by atoms with van der Waals surface area (Å²) >= 11 is 0. The molecule has 1 fully saturated rings. The summed E-state index contributed by atoms with van der Waals surface area (Å²) in [5.41, 5.74) is 4.91. The van der Waals surface area contributed by atoms with Crippen molar-refractivity contribution < 1.29 is 4.79 Å². The quantitative estimate of drug-likeness (QED) is 0.665. The first-order valence-electron chi connectivity index (χ1n) is 6.67. The van der Waals surface area contributed by atoms with Gasteiger partial charge in [-0.3, -0.25) is 4.79 Å². The van der Waals surface area contributed by atoms with E-state index in [1.54, 1.807) is 0 Å². The minimum absolute atomic E-state index is 0.257. The van der Waals surface area contributed by atoms with Crippen LogP contribution < -0.4 is 11.1 Å².